The van der Waals surface area contributed by atoms with E-state index in [4.69, 9.17) is 5.84 Å². The molecule has 1 aromatic heterocycles. The first-order valence-electron chi connectivity index (χ1n) is 6.49. The first kappa shape index (κ1) is 15.1. The second-order valence-electron chi connectivity index (χ2n) is 4.75. The Morgan fingerprint density at radius 3 is 2.71 bits per heavy atom. The highest BCUT2D eigenvalue weighted by atomic mass is 19.1. The minimum absolute atomic E-state index is 0.228. The molecule has 3 N–H and O–H groups in total. The number of hydrazine groups is 1. The molecule has 1 heterocycles. The van der Waals surface area contributed by atoms with Gasteiger partial charge in [0.15, 0.2) is 0 Å². The summed E-state index contributed by atoms with van der Waals surface area (Å²) in [5.41, 5.74) is 3.64. The van der Waals surface area contributed by atoms with E-state index in [-0.39, 0.29) is 11.5 Å². The SMILES string of the molecule is CN(Cc1cccc(C(=O)NN)n1)Cc1ccccc1F. The lowest BCUT2D eigenvalue weighted by Crippen LogP contribution is -2.31. The van der Waals surface area contributed by atoms with E-state index in [0.29, 0.717) is 18.7 Å². The molecular formula is C15H17FN4O. The van der Waals surface area contributed by atoms with Crippen molar-refractivity contribution in [2.24, 2.45) is 5.84 Å². The van der Waals surface area contributed by atoms with E-state index in [2.05, 4.69) is 4.98 Å². The van der Waals surface area contributed by atoms with Gasteiger partial charge in [-0.3, -0.25) is 15.1 Å². The molecule has 1 amide bonds. The summed E-state index contributed by atoms with van der Waals surface area (Å²) in [6.45, 7) is 0.960. The van der Waals surface area contributed by atoms with Crippen LogP contribution < -0.4 is 11.3 Å². The summed E-state index contributed by atoms with van der Waals surface area (Å²) in [6.07, 6.45) is 0. The molecule has 0 aliphatic carbocycles. The van der Waals surface area contributed by atoms with Gasteiger partial charge in [-0.15, -0.1) is 0 Å². The number of nitrogens with two attached hydrogens (primary N) is 1. The molecule has 0 aliphatic heterocycles. The molecule has 6 heteroatoms. The summed E-state index contributed by atoms with van der Waals surface area (Å²) in [7, 11) is 1.86. The maximum Gasteiger partial charge on any atom is 0.283 e. The van der Waals surface area contributed by atoms with Gasteiger partial charge in [-0.05, 0) is 25.2 Å². The minimum atomic E-state index is -0.436. The van der Waals surface area contributed by atoms with Crippen LogP contribution in [-0.2, 0) is 13.1 Å². The average Bonchev–Trinajstić information content (AvgIpc) is 2.49. The number of carbonyl (C=O) groups is 1. The monoisotopic (exact) mass is 288 g/mol. The highest BCUT2D eigenvalue weighted by Gasteiger charge is 2.09. The van der Waals surface area contributed by atoms with Crippen LogP contribution in [0.15, 0.2) is 42.5 Å². The van der Waals surface area contributed by atoms with Crippen LogP contribution in [0.1, 0.15) is 21.7 Å². The Labute approximate surface area is 122 Å². The van der Waals surface area contributed by atoms with Crippen molar-refractivity contribution in [1.29, 1.82) is 0 Å². The first-order chi connectivity index (χ1) is 10.1. The molecular weight excluding hydrogens is 271 g/mol. The Kier molecular flexibility index (Phi) is 4.97. The third-order valence-electron chi connectivity index (χ3n) is 3.00. The van der Waals surface area contributed by atoms with Crippen molar-refractivity contribution in [2.75, 3.05) is 7.05 Å². The maximum atomic E-state index is 13.6. The normalized spacial score (nSPS) is 10.7. The van der Waals surface area contributed by atoms with E-state index in [1.165, 1.54) is 6.07 Å². The molecule has 0 saturated carbocycles. The predicted octanol–water partition coefficient (Wildman–Crippen LogP) is 1.46. The van der Waals surface area contributed by atoms with Gasteiger partial charge >= 0.3 is 0 Å². The molecule has 0 unspecified atom stereocenters. The van der Waals surface area contributed by atoms with Gasteiger partial charge in [0.05, 0.1) is 5.69 Å². The zero-order chi connectivity index (χ0) is 15.2. The number of nitrogens with one attached hydrogen (secondary N) is 1. The van der Waals surface area contributed by atoms with Crippen LogP contribution in [0.3, 0.4) is 0 Å². The van der Waals surface area contributed by atoms with Crippen molar-refractivity contribution in [1.82, 2.24) is 15.3 Å². The molecule has 0 bridgehead atoms. The molecule has 0 spiro atoms. The smallest absolute Gasteiger partial charge is 0.283 e. The van der Waals surface area contributed by atoms with E-state index >= 15 is 0 Å². The van der Waals surface area contributed by atoms with E-state index in [0.717, 1.165) is 5.69 Å². The first-order valence-corrected chi connectivity index (χ1v) is 6.49. The number of benzene rings is 1. The number of hydrogen-bond donors (Lipinski definition) is 2. The third kappa shape index (κ3) is 4.08. The molecule has 5 nitrogen and oxygen atoms in total. The van der Waals surface area contributed by atoms with Gasteiger partial charge in [0.25, 0.3) is 5.91 Å². The molecule has 0 fully saturated rings. The lowest BCUT2D eigenvalue weighted by molar-refractivity contribution is 0.0948. The lowest BCUT2D eigenvalue weighted by Gasteiger charge is -2.17. The van der Waals surface area contributed by atoms with Crippen LogP contribution in [0, 0.1) is 5.82 Å². The van der Waals surface area contributed by atoms with E-state index in [9.17, 15) is 9.18 Å². The zero-order valence-electron chi connectivity index (χ0n) is 11.7. The maximum absolute atomic E-state index is 13.6. The largest absolute Gasteiger partial charge is 0.296 e. The molecule has 1 aromatic carbocycles. The van der Waals surface area contributed by atoms with Gasteiger partial charge in [0.2, 0.25) is 0 Å². The Morgan fingerprint density at radius 2 is 2.00 bits per heavy atom. The van der Waals surface area contributed by atoms with Crippen molar-refractivity contribution in [3.63, 3.8) is 0 Å². The Balaban J connectivity index is 2.04. The van der Waals surface area contributed by atoms with E-state index in [1.54, 1.807) is 30.3 Å². The number of aromatic nitrogens is 1. The summed E-state index contributed by atoms with van der Waals surface area (Å²) < 4.78 is 13.6. The van der Waals surface area contributed by atoms with Crippen LogP contribution in [0.2, 0.25) is 0 Å². The van der Waals surface area contributed by atoms with Gasteiger partial charge in [0, 0.05) is 18.7 Å². The Hall–Kier alpha value is -2.31. The molecule has 0 aliphatic rings. The average molecular weight is 288 g/mol. The number of hydrogen-bond acceptors (Lipinski definition) is 4. The topological polar surface area (TPSA) is 71.2 Å². The molecule has 0 radical (unpaired) electrons. The number of pyridine rings is 1. The van der Waals surface area contributed by atoms with Crippen LogP contribution in [-0.4, -0.2) is 22.8 Å². The van der Waals surface area contributed by atoms with Crippen LogP contribution in [0.5, 0.6) is 0 Å². The molecule has 21 heavy (non-hydrogen) atoms. The molecule has 0 saturated heterocycles. The van der Waals surface area contributed by atoms with Crippen LogP contribution >= 0.6 is 0 Å². The number of rotatable bonds is 5. The van der Waals surface area contributed by atoms with E-state index in [1.807, 2.05) is 23.4 Å². The second-order valence-corrected chi connectivity index (χ2v) is 4.75. The number of halogens is 1. The predicted molar refractivity (Wildman–Crippen MR) is 77.5 cm³/mol. The highest BCUT2D eigenvalue weighted by Crippen LogP contribution is 2.11. The fourth-order valence-corrected chi connectivity index (χ4v) is 2.02. The summed E-state index contributed by atoms with van der Waals surface area (Å²) in [5.74, 6) is 4.42. The zero-order valence-corrected chi connectivity index (χ0v) is 11.7. The van der Waals surface area contributed by atoms with Crippen molar-refractivity contribution < 1.29 is 9.18 Å². The number of amides is 1. The van der Waals surface area contributed by atoms with Crippen molar-refractivity contribution in [2.45, 2.75) is 13.1 Å². The summed E-state index contributed by atoms with van der Waals surface area (Å²) in [5, 5.41) is 0. The van der Waals surface area contributed by atoms with Crippen LogP contribution in [0.4, 0.5) is 4.39 Å². The third-order valence-corrected chi connectivity index (χ3v) is 3.00. The number of nitrogen functional groups attached to an aromatic ring is 1. The minimum Gasteiger partial charge on any atom is -0.296 e. The van der Waals surface area contributed by atoms with Gasteiger partial charge in [-0.25, -0.2) is 15.2 Å². The Morgan fingerprint density at radius 1 is 1.24 bits per heavy atom. The number of nitrogens with zero attached hydrogens (tertiary/aromatic N) is 2. The van der Waals surface area contributed by atoms with Gasteiger partial charge in [-0.1, -0.05) is 24.3 Å². The second kappa shape index (κ2) is 6.92. The standard InChI is InChI=1S/C15H17FN4O/c1-20(9-11-5-2-3-7-13(11)16)10-12-6-4-8-14(18-12)15(21)19-17/h2-8H,9-10,17H2,1H3,(H,19,21). The summed E-state index contributed by atoms with van der Waals surface area (Å²) >= 11 is 0. The molecule has 2 rings (SSSR count). The summed E-state index contributed by atoms with van der Waals surface area (Å²) in [4.78, 5) is 17.6. The fraction of sp³-hybridized carbons (Fsp3) is 0.200. The molecule has 2 aromatic rings. The molecule has 110 valence electrons. The Bertz CT molecular complexity index is 633. The van der Waals surface area contributed by atoms with Gasteiger partial charge < -0.3 is 0 Å². The van der Waals surface area contributed by atoms with Crippen molar-refractivity contribution >= 4 is 5.91 Å². The highest BCUT2D eigenvalue weighted by molar-refractivity contribution is 5.91. The lowest BCUT2D eigenvalue weighted by atomic mass is 10.2. The summed E-state index contributed by atoms with van der Waals surface area (Å²) in [6, 6.07) is 11.8. The number of carbonyl (C=O) groups excluding carboxylic acids is 1. The van der Waals surface area contributed by atoms with Gasteiger partial charge in [0.1, 0.15) is 11.5 Å². The quantitative estimate of drug-likeness (QED) is 0.496. The van der Waals surface area contributed by atoms with Gasteiger partial charge in [-0.2, -0.15) is 0 Å². The molecule has 0 atom stereocenters. The van der Waals surface area contributed by atoms with E-state index < -0.39 is 5.91 Å². The van der Waals surface area contributed by atoms with Crippen molar-refractivity contribution in [3.8, 4) is 0 Å². The van der Waals surface area contributed by atoms with Crippen LogP contribution in [0.25, 0.3) is 0 Å². The van der Waals surface area contributed by atoms with Crippen molar-refractivity contribution in [3.05, 3.63) is 65.2 Å². The fourth-order valence-electron chi connectivity index (χ4n) is 2.02.